The van der Waals surface area contributed by atoms with E-state index in [1.54, 1.807) is 0 Å². The Labute approximate surface area is 167 Å². The summed E-state index contributed by atoms with van der Waals surface area (Å²) in [7, 11) is 0. The van der Waals surface area contributed by atoms with Crippen LogP contribution in [0.25, 0.3) is 0 Å². The Morgan fingerprint density at radius 2 is 1.96 bits per heavy atom. The second-order valence-electron chi connectivity index (χ2n) is 5.95. The maximum Gasteiger partial charge on any atom is 0.321 e. The number of aliphatic imine (C=N–C) groups is 1. The number of likely N-dealkylation sites (tertiary alicyclic amines) is 1. The normalized spacial score (nSPS) is 14.0. The van der Waals surface area contributed by atoms with E-state index < -0.39 is 0 Å². The molecule has 140 valence electrons. The summed E-state index contributed by atoms with van der Waals surface area (Å²) in [5.74, 6) is 0.825. The minimum Gasteiger partial charge on any atom is -0.357 e. The Bertz CT molecular complexity index is 558. The molecule has 0 aliphatic carbocycles. The molecule has 1 aromatic carbocycles. The fourth-order valence-corrected chi connectivity index (χ4v) is 2.63. The molecule has 0 unspecified atom stereocenters. The van der Waals surface area contributed by atoms with Crippen molar-refractivity contribution in [1.82, 2.24) is 15.5 Å². The van der Waals surface area contributed by atoms with Gasteiger partial charge in [0.1, 0.15) is 0 Å². The van der Waals surface area contributed by atoms with Gasteiger partial charge in [-0.1, -0.05) is 19.1 Å². The fraction of sp³-hybridized carbons (Fsp3) is 0.556. The molecule has 1 heterocycles. The van der Waals surface area contributed by atoms with Crippen LogP contribution in [-0.4, -0.2) is 43.1 Å². The van der Waals surface area contributed by atoms with Crippen LogP contribution < -0.4 is 16.0 Å². The number of carbonyl (C=O) groups is 1. The molecule has 1 aliphatic heterocycles. The Balaban J connectivity index is 0.00000312. The van der Waals surface area contributed by atoms with Crippen LogP contribution >= 0.6 is 24.0 Å². The maximum atomic E-state index is 12.2. The number of carbonyl (C=O) groups excluding carboxylic acids is 1. The summed E-state index contributed by atoms with van der Waals surface area (Å²) in [5.41, 5.74) is 1.90. The summed E-state index contributed by atoms with van der Waals surface area (Å²) in [6.45, 7) is 8.20. The summed E-state index contributed by atoms with van der Waals surface area (Å²) in [4.78, 5) is 18.6. The van der Waals surface area contributed by atoms with Crippen molar-refractivity contribution < 1.29 is 4.79 Å². The molecule has 0 atom stereocenters. The largest absolute Gasteiger partial charge is 0.357 e. The molecular formula is C18H30IN5O. The highest BCUT2D eigenvalue weighted by atomic mass is 127. The van der Waals surface area contributed by atoms with Crippen LogP contribution in [-0.2, 0) is 6.54 Å². The number of nitrogens with zero attached hydrogens (tertiary/aromatic N) is 2. The minimum absolute atomic E-state index is 0. The summed E-state index contributed by atoms with van der Waals surface area (Å²) in [6, 6.07) is 7.88. The molecule has 0 bridgehead atoms. The van der Waals surface area contributed by atoms with Crippen molar-refractivity contribution in [2.45, 2.75) is 39.7 Å². The van der Waals surface area contributed by atoms with E-state index in [4.69, 9.17) is 0 Å². The molecule has 25 heavy (non-hydrogen) atoms. The Morgan fingerprint density at radius 3 is 2.64 bits per heavy atom. The number of amides is 2. The lowest BCUT2D eigenvalue weighted by atomic mass is 10.2. The molecule has 0 saturated carbocycles. The molecule has 1 aliphatic rings. The van der Waals surface area contributed by atoms with Crippen molar-refractivity contribution in [2.75, 3.05) is 31.5 Å². The van der Waals surface area contributed by atoms with Gasteiger partial charge in [-0.2, -0.15) is 0 Å². The van der Waals surface area contributed by atoms with Gasteiger partial charge in [-0.25, -0.2) is 9.79 Å². The van der Waals surface area contributed by atoms with Gasteiger partial charge in [-0.3, -0.25) is 0 Å². The van der Waals surface area contributed by atoms with Crippen molar-refractivity contribution in [3.63, 3.8) is 0 Å². The number of anilines is 1. The lowest BCUT2D eigenvalue weighted by molar-refractivity contribution is 0.222. The van der Waals surface area contributed by atoms with E-state index in [9.17, 15) is 4.79 Å². The van der Waals surface area contributed by atoms with Crippen molar-refractivity contribution in [1.29, 1.82) is 0 Å². The Kier molecular flexibility index (Phi) is 10.3. The van der Waals surface area contributed by atoms with Gasteiger partial charge in [-0.15, -0.1) is 24.0 Å². The van der Waals surface area contributed by atoms with Crippen LogP contribution in [0.3, 0.4) is 0 Å². The predicted octanol–water partition coefficient (Wildman–Crippen LogP) is 3.40. The molecule has 2 amide bonds. The minimum atomic E-state index is -0.00824. The Morgan fingerprint density at radius 1 is 1.20 bits per heavy atom. The van der Waals surface area contributed by atoms with Crippen LogP contribution in [0.5, 0.6) is 0 Å². The number of hydrogen-bond donors (Lipinski definition) is 3. The van der Waals surface area contributed by atoms with E-state index in [2.05, 4.69) is 34.8 Å². The van der Waals surface area contributed by atoms with Crippen LogP contribution in [0.15, 0.2) is 29.3 Å². The number of benzene rings is 1. The fourth-order valence-electron chi connectivity index (χ4n) is 2.63. The third kappa shape index (κ3) is 7.50. The van der Waals surface area contributed by atoms with Gasteiger partial charge in [0, 0.05) is 31.9 Å². The monoisotopic (exact) mass is 459 g/mol. The summed E-state index contributed by atoms with van der Waals surface area (Å²) in [6.07, 6.45) is 3.25. The topological polar surface area (TPSA) is 68.8 Å². The number of urea groups is 1. The van der Waals surface area contributed by atoms with Gasteiger partial charge in [0.15, 0.2) is 5.96 Å². The van der Waals surface area contributed by atoms with Crippen LogP contribution in [0.2, 0.25) is 0 Å². The van der Waals surface area contributed by atoms with Gasteiger partial charge in [0.05, 0.1) is 6.54 Å². The van der Waals surface area contributed by atoms with E-state index in [0.29, 0.717) is 6.54 Å². The van der Waals surface area contributed by atoms with E-state index in [1.807, 2.05) is 29.2 Å². The molecule has 0 aromatic heterocycles. The smallest absolute Gasteiger partial charge is 0.321 e. The summed E-state index contributed by atoms with van der Waals surface area (Å²) < 4.78 is 0. The predicted molar refractivity (Wildman–Crippen MR) is 115 cm³/mol. The van der Waals surface area contributed by atoms with E-state index in [1.165, 1.54) is 0 Å². The highest BCUT2D eigenvalue weighted by molar-refractivity contribution is 14.0. The van der Waals surface area contributed by atoms with E-state index >= 15 is 0 Å². The first-order valence-electron chi connectivity index (χ1n) is 8.90. The van der Waals surface area contributed by atoms with Gasteiger partial charge >= 0.3 is 6.03 Å². The van der Waals surface area contributed by atoms with Crippen LogP contribution in [0.4, 0.5) is 10.5 Å². The van der Waals surface area contributed by atoms with Gasteiger partial charge < -0.3 is 20.9 Å². The third-order valence-corrected chi connectivity index (χ3v) is 3.88. The second-order valence-corrected chi connectivity index (χ2v) is 5.95. The zero-order valence-corrected chi connectivity index (χ0v) is 17.5. The zero-order chi connectivity index (χ0) is 17.2. The standard InChI is InChI=1S/C18H29N5O.HI/c1-3-10-20-17(19-4-2)21-14-15-8-7-9-16(13-15)22-18(24)23-11-5-6-12-23;/h7-9,13H,3-6,10-12,14H2,1-2H3,(H,22,24)(H2,19,20,21);1H. The SMILES string of the molecule is CCCNC(=NCc1cccc(NC(=O)N2CCCC2)c1)NCC.I. The lowest BCUT2D eigenvalue weighted by Crippen LogP contribution is -2.37. The summed E-state index contributed by atoms with van der Waals surface area (Å²) in [5, 5.41) is 9.50. The molecule has 2 rings (SSSR count). The van der Waals surface area contributed by atoms with Crippen LogP contribution in [0, 0.1) is 0 Å². The number of nitrogens with one attached hydrogen (secondary N) is 3. The first kappa shape index (κ1) is 21.5. The molecule has 1 fully saturated rings. The molecule has 0 radical (unpaired) electrons. The second kappa shape index (κ2) is 11.9. The first-order valence-corrected chi connectivity index (χ1v) is 8.90. The summed E-state index contributed by atoms with van der Waals surface area (Å²) >= 11 is 0. The molecular weight excluding hydrogens is 429 g/mol. The van der Waals surface area contributed by atoms with Crippen molar-refractivity contribution in [2.24, 2.45) is 4.99 Å². The van der Waals surface area contributed by atoms with Gasteiger partial charge in [-0.05, 0) is 43.9 Å². The van der Waals surface area contributed by atoms with E-state index in [-0.39, 0.29) is 30.0 Å². The van der Waals surface area contributed by atoms with E-state index in [0.717, 1.165) is 62.7 Å². The molecule has 0 spiro atoms. The quantitative estimate of drug-likeness (QED) is 0.347. The number of rotatable bonds is 6. The number of hydrogen-bond acceptors (Lipinski definition) is 2. The van der Waals surface area contributed by atoms with Gasteiger partial charge in [0.25, 0.3) is 0 Å². The molecule has 1 aromatic rings. The van der Waals surface area contributed by atoms with Crippen molar-refractivity contribution in [3.05, 3.63) is 29.8 Å². The van der Waals surface area contributed by atoms with Crippen molar-refractivity contribution in [3.8, 4) is 0 Å². The zero-order valence-electron chi connectivity index (χ0n) is 15.2. The number of guanidine groups is 1. The molecule has 3 N–H and O–H groups in total. The Hall–Kier alpha value is -1.51. The molecule has 7 heteroatoms. The van der Waals surface area contributed by atoms with Crippen LogP contribution in [0.1, 0.15) is 38.7 Å². The molecule has 6 nitrogen and oxygen atoms in total. The maximum absolute atomic E-state index is 12.2. The highest BCUT2D eigenvalue weighted by Crippen LogP contribution is 2.14. The van der Waals surface area contributed by atoms with Gasteiger partial charge in [0.2, 0.25) is 0 Å². The highest BCUT2D eigenvalue weighted by Gasteiger charge is 2.17. The third-order valence-electron chi connectivity index (χ3n) is 3.88. The number of halogens is 1. The lowest BCUT2D eigenvalue weighted by Gasteiger charge is -2.16. The average molecular weight is 459 g/mol. The first-order chi connectivity index (χ1) is 11.7. The van der Waals surface area contributed by atoms with Crippen molar-refractivity contribution >= 4 is 41.7 Å². The molecule has 1 saturated heterocycles. The average Bonchev–Trinajstić information content (AvgIpc) is 3.12.